The number of anilines is 1. The van der Waals surface area contributed by atoms with Gasteiger partial charge in [-0.3, -0.25) is 4.79 Å². The fraction of sp³-hybridized carbons (Fsp3) is 0.136. The van der Waals surface area contributed by atoms with Crippen molar-refractivity contribution < 1.29 is 27.1 Å². The van der Waals surface area contributed by atoms with Crippen molar-refractivity contribution in [2.45, 2.75) is 13.1 Å². The van der Waals surface area contributed by atoms with Crippen molar-refractivity contribution in [1.29, 1.82) is 0 Å². The van der Waals surface area contributed by atoms with Gasteiger partial charge in [-0.2, -0.15) is 23.3 Å². The minimum Gasteiger partial charge on any atom is -0.467 e. The van der Waals surface area contributed by atoms with Crippen LogP contribution in [0.2, 0.25) is 5.02 Å². The van der Waals surface area contributed by atoms with E-state index in [0.29, 0.717) is 16.8 Å². The number of amides is 1. The fourth-order valence-electron chi connectivity index (χ4n) is 3.25. The van der Waals surface area contributed by atoms with Gasteiger partial charge in [0, 0.05) is 16.8 Å². The van der Waals surface area contributed by atoms with Gasteiger partial charge in [-0.05, 0) is 43.3 Å². The van der Waals surface area contributed by atoms with E-state index in [-0.39, 0.29) is 22.4 Å². The zero-order valence-electron chi connectivity index (χ0n) is 17.0. The summed E-state index contributed by atoms with van der Waals surface area (Å²) in [7, 11) is 0. The van der Waals surface area contributed by atoms with Gasteiger partial charge in [0.25, 0.3) is 5.91 Å². The van der Waals surface area contributed by atoms with E-state index in [1.165, 1.54) is 31.2 Å². The third-order valence-corrected chi connectivity index (χ3v) is 4.84. The summed E-state index contributed by atoms with van der Waals surface area (Å²) in [5.74, 6) is -1.65. The van der Waals surface area contributed by atoms with Crippen molar-refractivity contribution in [3.8, 4) is 11.6 Å². The molecule has 0 spiro atoms. The summed E-state index contributed by atoms with van der Waals surface area (Å²) in [5, 5.41) is 6.79. The van der Waals surface area contributed by atoms with Crippen LogP contribution in [0.1, 0.15) is 11.3 Å². The SMILES string of the molecule is Cc1nn(-c2cccc(F)c2)c2nc(OCC(=O)Nc3cccc(Cl)c3)cc(C(F)(F)F)c12. The van der Waals surface area contributed by atoms with E-state index in [0.717, 1.165) is 10.7 Å². The molecule has 0 radical (unpaired) electrons. The minimum atomic E-state index is -4.75. The van der Waals surface area contributed by atoms with Gasteiger partial charge in [0.05, 0.1) is 22.3 Å². The quantitative estimate of drug-likeness (QED) is 0.381. The van der Waals surface area contributed by atoms with Gasteiger partial charge in [-0.25, -0.2) is 9.07 Å². The molecule has 0 unspecified atom stereocenters. The number of hydrogen-bond donors (Lipinski definition) is 1. The summed E-state index contributed by atoms with van der Waals surface area (Å²) < 4.78 is 61.5. The number of aromatic nitrogens is 3. The molecule has 2 heterocycles. The Morgan fingerprint density at radius 2 is 1.91 bits per heavy atom. The van der Waals surface area contributed by atoms with Gasteiger partial charge in [-0.15, -0.1) is 0 Å². The highest BCUT2D eigenvalue weighted by Gasteiger charge is 2.36. The lowest BCUT2D eigenvalue weighted by atomic mass is 10.1. The van der Waals surface area contributed by atoms with Crippen LogP contribution in [0.15, 0.2) is 54.6 Å². The van der Waals surface area contributed by atoms with E-state index in [4.69, 9.17) is 16.3 Å². The molecule has 0 aliphatic carbocycles. The lowest BCUT2D eigenvalue weighted by Crippen LogP contribution is -2.20. The second-order valence-corrected chi connectivity index (χ2v) is 7.47. The number of carbonyl (C=O) groups is 1. The van der Waals surface area contributed by atoms with Gasteiger partial charge in [-0.1, -0.05) is 23.7 Å². The molecule has 11 heteroatoms. The summed E-state index contributed by atoms with van der Waals surface area (Å²) in [5.41, 5.74) is -0.574. The number of carbonyl (C=O) groups excluding carboxylic acids is 1. The van der Waals surface area contributed by atoms with Gasteiger partial charge in [0.15, 0.2) is 12.3 Å². The molecule has 2 aromatic carbocycles. The van der Waals surface area contributed by atoms with Crippen LogP contribution >= 0.6 is 11.6 Å². The van der Waals surface area contributed by atoms with E-state index in [1.54, 1.807) is 18.2 Å². The molecular weight excluding hydrogens is 464 g/mol. The first-order chi connectivity index (χ1) is 15.6. The number of alkyl halides is 3. The van der Waals surface area contributed by atoms with Crippen LogP contribution < -0.4 is 10.1 Å². The molecule has 0 bridgehead atoms. The predicted molar refractivity (Wildman–Crippen MR) is 114 cm³/mol. The van der Waals surface area contributed by atoms with E-state index < -0.39 is 36.0 Å². The van der Waals surface area contributed by atoms with Gasteiger partial charge in [0.2, 0.25) is 5.88 Å². The predicted octanol–water partition coefficient (Wildman–Crippen LogP) is 5.56. The Bertz CT molecular complexity index is 1350. The number of rotatable bonds is 5. The Kier molecular flexibility index (Phi) is 5.94. The molecule has 1 amide bonds. The molecule has 0 aliphatic heterocycles. The highest BCUT2D eigenvalue weighted by Crippen LogP contribution is 2.38. The zero-order chi connectivity index (χ0) is 23.8. The van der Waals surface area contributed by atoms with Crippen molar-refractivity contribution >= 4 is 34.2 Å². The molecule has 170 valence electrons. The van der Waals surface area contributed by atoms with Crippen molar-refractivity contribution in [3.05, 3.63) is 76.7 Å². The standard InChI is InChI=1S/C22H15ClF4N4O2/c1-12-20-17(22(25,26)27)10-19(33-11-18(32)28-15-6-2-4-13(23)8-15)29-21(20)31(30-12)16-7-3-5-14(24)9-16/h2-10H,11H2,1H3,(H,28,32). The lowest BCUT2D eigenvalue weighted by Gasteiger charge is -2.12. The van der Waals surface area contributed by atoms with Crippen LogP contribution in [-0.2, 0) is 11.0 Å². The highest BCUT2D eigenvalue weighted by atomic mass is 35.5. The van der Waals surface area contributed by atoms with Crippen LogP contribution in [0.25, 0.3) is 16.7 Å². The summed E-state index contributed by atoms with van der Waals surface area (Å²) in [6, 6.07) is 12.3. The van der Waals surface area contributed by atoms with Gasteiger partial charge < -0.3 is 10.1 Å². The number of fused-ring (bicyclic) bond motifs is 1. The van der Waals surface area contributed by atoms with Crippen LogP contribution in [0.3, 0.4) is 0 Å². The number of aryl methyl sites for hydroxylation is 1. The van der Waals surface area contributed by atoms with E-state index in [9.17, 15) is 22.4 Å². The molecule has 0 saturated carbocycles. The summed E-state index contributed by atoms with van der Waals surface area (Å²) in [4.78, 5) is 16.3. The minimum absolute atomic E-state index is 0.0549. The molecule has 4 rings (SSSR count). The molecule has 0 fully saturated rings. The molecular formula is C22H15ClF4N4O2. The number of ether oxygens (including phenoxy) is 1. The number of pyridine rings is 1. The Morgan fingerprint density at radius 3 is 2.61 bits per heavy atom. The summed E-state index contributed by atoms with van der Waals surface area (Å²) in [6.07, 6.45) is -4.75. The normalized spacial score (nSPS) is 11.6. The number of nitrogens with one attached hydrogen (secondary N) is 1. The molecule has 33 heavy (non-hydrogen) atoms. The number of nitrogens with zero attached hydrogens (tertiary/aromatic N) is 3. The van der Waals surface area contributed by atoms with E-state index in [1.807, 2.05) is 0 Å². The molecule has 1 N–H and O–H groups in total. The van der Waals surface area contributed by atoms with Crippen LogP contribution in [0.4, 0.5) is 23.2 Å². The number of hydrogen-bond acceptors (Lipinski definition) is 4. The average molecular weight is 479 g/mol. The van der Waals surface area contributed by atoms with Gasteiger partial charge in [0.1, 0.15) is 5.82 Å². The van der Waals surface area contributed by atoms with Crippen molar-refractivity contribution in [2.24, 2.45) is 0 Å². The van der Waals surface area contributed by atoms with Crippen molar-refractivity contribution in [1.82, 2.24) is 14.8 Å². The van der Waals surface area contributed by atoms with E-state index in [2.05, 4.69) is 15.4 Å². The zero-order valence-corrected chi connectivity index (χ0v) is 17.7. The molecule has 0 saturated heterocycles. The van der Waals surface area contributed by atoms with Crippen LogP contribution in [0.5, 0.6) is 5.88 Å². The third-order valence-electron chi connectivity index (χ3n) is 4.61. The Balaban J connectivity index is 1.70. The largest absolute Gasteiger partial charge is 0.467 e. The maximum absolute atomic E-state index is 13.8. The molecule has 2 aromatic heterocycles. The summed E-state index contributed by atoms with van der Waals surface area (Å²) >= 11 is 5.86. The lowest BCUT2D eigenvalue weighted by molar-refractivity contribution is -0.136. The average Bonchev–Trinajstić information content (AvgIpc) is 3.07. The maximum Gasteiger partial charge on any atom is 0.417 e. The molecule has 4 aromatic rings. The second-order valence-electron chi connectivity index (χ2n) is 7.03. The molecule has 6 nitrogen and oxygen atoms in total. The summed E-state index contributed by atoms with van der Waals surface area (Å²) in [6.45, 7) is 0.795. The Morgan fingerprint density at radius 1 is 1.15 bits per heavy atom. The first-order valence-electron chi connectivity index (χ1n) is 9.53. The van der Waals surface area contributed by atoms with E-state index >= 15 is 0 Å². The maximum atomic E-state index is 13.8. The number of benzene rings is 2. The monoisotopic (exact) mass is 478 g/mol. The third kappa shape index (κ3) is 4.90. The molecule has 0 atom stereocenters. The fourth-order valence-corrected chi connectivity index (χ4v) is 3.44. The first-order valence-corrected chi connectivity index (χ1v) is 9.91. The number of halogens is 5. The first kappa shape index (κ1) is 22.5. The second kappa shape index (κ2) is 8.70. The Hall–Kier alpha value is -3.66. The smallest absolute Gasteiger partial charge is 0.417 e. The van der Waals surface area contributed by atoms with Crippen molar-refractivity contribution in [3.63, 3.8) is 0 Å². The topological polar surface area (TPSA) is 69.0 Å². The highest BCUT2D eigenvalue weighted by molar-refractivity contribution is 6.30. The van der Waals surface area contributed by atoms with Gasteiger partial charge >= 0.3 is 6.18 Å². The van der Waals surface area contributed by atoms with Crippen molar-refractivity contribution in [2.75, 3.05) is 11.9 Å². The van der Waals surface area contributed by atoms with Crippen LogP contribution in [0, 0.1) is 12.7 Å². The molecule has 0 aliphatic rings. The van der Waals surface area contributed by atoms with Crippen LogP contribution in [-0.4, -0.2) is 27.3 Å². The Labute approximate surface area is 189 Å².